The Morgan fingerprint density at radius 3 is 2.81 bits per heavy atom. The Morgan fingerprint density at radius 2 is 1.95 bits per heavy atom. The summed E-state index contributed by atoms with van der Waals surface area (Å²) < 4.78 is 19.1. The lowest BCUT2D eigenvalue weighted by atomic mass is 10.1. The first-order chi connectivity index (χ1) is 10.3. The number of hydrogen-bond donors (Lipinski definition) is 0. The van der Waals surface area contributed by atoms with Crippen LogP contribution < -0.4 is 4.74 Å². The summed E-state index contributed by atoms with van der Waals surface area (Å²) in [6.45, 7) is 0.333. The topological polar surface area (TPSA) is 22.1 Å². The maximum absolute atomic E-state index is 13.4. The second kappa shape index (κ2) is 6.10. The highest BCUT2D eigenvalue weighted by molar-refractivity contribution is 6.17. The van der Waals surface area contributed by atoms with E-state index in [1.165, 1.54) is 12.1 Å². The third-order valence-corrected chi connectivity index (χ3v) is 3.50. The van der Waals surface area contributed by atoms with Crippen LogP contribution in [0.1, 0.15) is 11.1 Å². The van der Waals surface area contributed by atoms with Gasteiger partial charge in [-0.25, -0.2) is 4.39 Å². The van der Waals surface area contributed by atoms with Crippen LogP contribution in [-0.2, 0) is 12.5 Å². The fraction of sp³-hybridized carbons (Fsp3) is 0.118. The zero-order valence-corrected chi connectivity index (χ0v) is 12.0. The van der Waals surface area contributed by atoms with Gasteiger partial charge >= 0.3 is 0 Å². The van der Waals surface area contributed by atoms with Crippen LogP contribution in [0.4, 0.5) is 4.39 Å². The Kier molecular flexibility index (Phi) is 4.02. The predicted molar refractivity (Wildman–Crippen MR) is 82.0 cm³/mol. The van der Waals surface area contributed by atoms with Crippen LogP contribution in [0.3, 0.4) is 0 Å². The molecule has 0 unspecified atom stereocenters. The van der Waals surface area contributed by atoms with E-state index in [0.29, 0.717) is 17.9 Å². The fourth-order valence-corrected chi connectivity index (χ4v) is 2.38. The first kappa shape index (κ1) is 13.8. The first-order valence-corrected chi connectivity index (χ1v) is 7.10. The van der Waals surface area contributed by atoms with Crippen molar-refractivity contribution in [1.82, 2.24) is 4.98 Å². The van der Waals surface area contributed by atoms with E-state index in [-0.39, 0.29) is 11.7 Å². The Balaban J connectivity index is 1.85. The monoisotopic (exact) mass is 301 g/mol. The third kappa shape index (κ3) is 3.14. The molecule has 1 aromatic heterocycles. The zero-order chi connectivity index (χ0) is 14.7. The Labute approximate surface area is 127 Å². The van der Waals surface area contributed by atoms with Crippen LogP contribution >= 0.6 is 11.6 Å². The van der Waals surface area contributed by atoms with Gasteiger partial charge in [0.2, 0.25) is 0 Å². The lowest BCUT2D eigenvalue weighted by Crippen LogP contribution is -1.98. The molecule has 2 aromatic carbocycles. The maximum Gasteiger partial charge on any atom is 0.127 e. The SMILES string of the molecule is Fc1cc(CCl)cc(OCc2cccc3cccnc23)c1. The van der Waals surface area contributed by atoms with Crippen LogP contribution in [0, 0.1) is 5.82 Å². The molecule has 0 fully saturated rings. The second-order valence-electron chi connectivity index (χ2n) is 4.71. The van der Waals surface area contributed by atoms with Crippen molar-refractivity contribution in [1.29, 1.82) is 0 Å². The normalized spacial score (nSPS) is 10.8. The molecule has 106 valence electrons. The maximum atomic E-state index is 13.4. The largest absolute Gasteiger partial charge is 0.489 e. The lowest BCUT2D eigenvalue weighted by Gasteiger charge is -2.09. The van der Waals surface area contributed by atoms with E-state index in [2.05, 4.69) is 4.98 Å². The molecule has 0 N–H and O–H groups in total. The summed E-state index contributed by atoms with van der Waals surface area (Å²) in [6.07, 6.45) is 1.75. The van der Waals surface area contributed by atoms with Crippen molar-refractivity contribution in [2.75, 3.05) is 0 Å². The smallest absolute Gasteiger partial charge is 0.127 e. The molecule has 0 radical (unpaired) electrons. The summed E-state index contributed by atoms with van der Waals surface area (Å²) in [7, 11) is 0. The van der Waals surface area contributed by atoms with Gasteiger partial charge in [-0.15, -0.1) is 11.6 Å². The van der Waals surface area contributed by atoms with Gasteiger partial charge in [0.05, 0.1) is 5.52 Å². The molecular weight excluding hydrogens is 289 g/mol. The second-order valence-corrected chi connectivity index (χ2v) is 4.98. The van der Waals surface area contributed by atoms with E-state index >= 15 is 0 Å². The Hall–Kier alpha value is -2.13. The van der Waals surface area contributed by atoms with E-state index in [9.17, 15) is 4.39 Å². The van der Waals surface area contributed by atoms with E-state index < -0.39 is 0 Å². The molecule has 4 heteroatoms. The number of pyridine rings is 1. The number of aromatic nitrogens is 1. The van der Waals surface area contributed by atoms with Crippen molar-refractivity contribution in [3.63, 3.8) is 0 Å². The number of para-hydroxylation sites is 1. The van der Waals surface area contributed by atoms with Crippen LogP contribution in [0.25, 0.3) is 10.9 Å². The van der Waals surface area contributed by atoms with Gasteiger partial charge in [0.1, 0.15) is 18.2 Å². The van der Waals surface area contributed by atoms with E-state index in [4.69, 9.17) is 16.3 Å². The van der Waals surface area contributed by atoms with Crippen molar-refractivity contribution < 1.29 is 9.13 Å². The van der Waals surface area contributed by atoms with Gasteiger partial charge in [0.25, 0.3) is 0 Å². The molecule has 3 aromatic rings. The Morgan fingerprint density at radius 1 is 1.10 bits per heavy atom. The number of ether oxygens (including phenoxy) is 1. The third-order valence-electron chi connectivity index (χ3n) is 3.20. The highest BCUT2D eigenvalue weighted by Crippen LogP contribution is 2.21. The van der Waals surface area contributed by atoms with Crippen molar-refractivity contribution >= 4 is 22.5 Å². The molecule has 0 saturated heterocycles. The average Bonchev–Trinajstić information content (AvgIpc) is 2.52. The van der Waals surface area contributed by atoms with Crippen LogP contribution in [0.15, 0.2) is 54.7 Å². The molecule has 0 saturated carbocycles. The number of nitrogens with zero attached hydrogens (tertiary/aromatic N) is 1. The van der Waals surface area contributed by atoms with Gasteiger partial charge in [-0.1, -0.05) is 24.3 Å². The van der Waals surface area contributed by atoms with Crippen molar-refractivity contribution in [2.24, 2.45) is 0 Å². The lowest BCUT2D eigenvalue weighted by molar-refractivity contribution is 0.305. The molecule has 0 aliphatic carbocycles. The summed E-state index contributed by atoms with van der Waals surface area (Å²) in [6, 6.07) is 14.3. The van der Waals surface area contributed by atoms with Crippen molar-refractivity contribution in [3.05, 3.63) is 71.7 Å². The van der Waals surface area contributed by atoms with Gasteiger partial charge in [0.15, 0.2) is 0 Å². The minimum absolute atomic E-state index is 0.254. The first-order valence-electron chi connectivity index (χ1n) is 6.57. The molecule has 21 heavy (non-hydrogen) atoms. The Bertz CT molecular complexity index is 770. The van der Waals surface area contributed by atoms with Gasteiger partial charge in [-0.3, -0.25) is 4.98 Å². The van der Waals surface area contributed by atoms with Gasteiger partial charge in [-0.2, -0.15) is 0 Å². The summed E-state index contributed by atoms with van der Waals surface area (Å²) in [5.41, 5.74) is 2.56. The molecular formula is C17H13ClFNO. The fourth-order valence-electron chi connectivity index (χ4n) is 2.23. The summed E-state index contributed by atoms with van der Waals surface area (Å²) in [5.74, 6) is 0.377. The average molecular weight is 302 g/mol. The number of alkyl halides is 1. The van der Waals surface area contributed by atoms with E-state index in [1.54, 1.807) is 12.3 Å². The van der Waals surface area contributed by atoms with Crippen LogP contribution in [0.2, 0.25) is 0 Å². The van der Waals surface area contributed by atoms with Crippen LogP contribution in [-0.4, -0.2) is 4.98 Å². The van der Waals surface area contributed by atoms with Gasteiger partial charge < -0.3 is 4.74 Å². The van der Waals surface area contributed by atoms with Gasteiger partial charge in [0, 0.05) is 29.1 Å². The van der Waals surface area contributed by atoms with Gasteiger partial charge in [-0.05, 0) is 23.8 Å². The zero-order valence-electron chi connectivity index (χ0n) is 11.2. The molecule has 0 bridgehead atoms. The molecule has 0 atom stereocenters. The van der Waals surface area contributed by atoms with Crippen molar-refractivity contribution in [2.45, 2.75) is 12.5 Å². The predicted octanol–water partition coefficient (Wildman–Crippen LogP) is 4.69. The summed E-state index contributed by atoms with van der Waals surface area (Å²) in [4.78, 5) is 4.37. The summed E-state index contributed by atoms with van der Waals surface area (Å²) in [5, 5.41) is 1.05. The highest BCUT2D eigenvalue weighted by atomic mass is 35.5. The molecule has 3 rings (SSSR count). The van der Waals surface area contributed by atoms with Crippen molar-refractivity contribution in [3.8, 4) is 5.75 Å². The number of fused-ring (bicyclic) bond motifs is 1. The molecule has 0 aliphatic rings. The minimum Gasteiger partial charge on any atom is -0.489 e. The standard InChI is InChI=1S/C17H13ClFNO/c18-10-12-7-15(19)9-16(8-12)21-11-14-4-1-3-13-5-2-6-20-17(13)14/h1-9H,10-11H2. The molecule has 0 amide bonds. The number of halogens is 2. The molecule has 1 heterocycles. The van der Waals surface area contributed by atoms with Crippen LogP contribution in [0.5, 0.6) is 5.75 Å². The number of rotatable bonds is 4. The minimum atomic E-state index is -0.348. The molecule has 0 spiro atoms. The molecule has 2 nitrogen and oxygen atoms in total. The molecule has 0 aliphatic heterocycles. The van der Waals surface area contributed by atoms with E-state index in [0.717, 1.165) is 16.5 Å². The quantitative estimate of drug-likeness (QED) is 0.652. The number of benzene rings is 2. The highest BCUT2D eigenvalue weighted by Gasteiger charge is 2.05. The summed E-state index contributed by atoms with van der Waals surface area (Å²) >= 11 is 5.73. The van der Waals surface area contributed by atoms with E-state index in [1.807, 2.05) is 30.3 Å². The number of hydrogen-bond acceptors (Lipinski definition) is 2.